The van der Waals surface area contributed by atoms with E-state index in [-0.39, 0.29) is 34.6 Å². The molecule has 4 rings (SSSR count). The first-order valence-electron chi connectivity index (χ1n) is 9.61. The fourth-order valence-corrected chi connectivity index (χ4v) is 5.37. The van der Waals surface area contributed by atoms with E-state index in [0.717, 1.165) is 25.9 Å². The molecule has 8 nitrogen and oxygen atoms in total. The molecule has 0 unspecified atom stereocenters. The van der Waals surface area contributed by atoms with Crippen LogP contribution in [0.4, 0.5) is 10.8 Å². The van der Waals surface area contributed by atoms with E-state index < -0.39 is 10.1 Å². The van der Waals surface area contributed by atoms with Crippen molar-refractivity contribution in [3.8, 4) is 5.75 Å². The molecule has 1 saturated heterocycles. The molecular formula is C20H23ClN4O4S2. The minimum atomic E-state index is -4.06. The first-order valence-corrected chi connectivity index (χ1v) is 11.8. The van der Waals surface area contributed by atoms with E-state index in [1.165, 1.54) is 29.5 Å². The minimum Gasteiger partial charge on any atom is -0.398 e. The highest BCUT2D eigenvalue weighted by atomic mass is 35.5. The minimum absolute atomic E-state index is 0. The molecule has 0 aliphatic carbocycles. The van der Waals surface area contributed by atoms with Crippen LogP contribution < -0.4 is 20.6 Å². The van der Waals surface area contributed by atoms with Crippen LogP contribution in [0.15, 0.2) is 47.4 Å². The normalized spacial score (nSPS) is 14.7. The highest BCUT2D eigenvalue weighted by molar-refractivity contribution is 7.87. The number of aromatic nitrogens is 1. The summed E-state index contributed by atoms with van der Waals surface area (Å²) >= 11 is 1.27. The van der Waals surface area contributed by atoms with Gasteiger partial charge in [-0.15, -0.1) is 12.4 Å². The molecule has 166 valence electrons. The molecule has 0 spiro atoms. The molecule has 2 aromatic carbocycles. The zero-order valence-electron chi connectivity index (χ0n) is 16.5. The summed E-state index contributed by atoms with van der Waals surface area (Å²) < 4.78 is 31.0. The average molecular weight is 483 g/mol. The van der Waals surface area contributed by atoms with Crippen molar-refractivity contribution in [1.29, 1.82) is 0 Å². The van der Waals surface area contributed by atoms with Gasteiger partial charge in [-0.3, -0.25) is 4.79 Å². The lowest BCUT2D eigenvalue weighted by atomic mass is 9.94. The number of hydrogen-bond donors (Lipinski definition) is 3. The lowest BCUT2D eigenvalue weighted by Gasteiger charge is -2.21. The highest BCUT2D eigenvalue weighted by Crippen LogP contribution is 2.31. The number of para-hydroxylation sites is 1. The molecule has 0 saturated carbocycles. The number of rotatable bonds is 6. The van der Waals surface area contributed by atoms with E-state index >= 15 is 0 Å². The number of nitrogens with one attached hydrogen (secondary N) is 2. The number of benzene rings is 2. The standard InChI is InChI=1S/C20H22N4O4S2.ClH/c21-15-3-1-2-4-18(15)30(26,27)28-14-5-6-16-17(12-14)29-20(23-16)24-19(25)11-13-7-9-22-10-8-13;/h1-6,12-13,22H,7-11,21H2,(H,23,24,25);1H. The Morgan fingerprint density at radius 2 is 1.97 bits per heavy atom. The van der Waals surface area contributed by atoms with E-state index in [1.807, 2.05) is 0 Å². The van der Waals surface area contributed by atoms with Gasteiger partial charge in [-0.1, -0.05) is 23.5 Å². The third kappa shape index (κ3) is 5.65. The summed E-state index contributed by atoms with van der Waals surface area (Å²) in [6.45, 7) is 1.89. The first kappa shape index (κ1) is 23.3. The fraction of sp³-hybridized carbons (Fsp3) is 0.300. The van der Waals surface area contributed by atoms with E-state index in [2.05, 4.69) is 15.6 Å². The van der Waals surface area contributed by atoms with Crippen molar-refractivity contribution in [2.45, 2.75) is 24.2 Å². The average Bonchev–Trinajstić information content (AvgIpc) is 3.10. The summed E-state index contributed by atoms with van der Waals surface area (Å²) in [5.41, 5.74) is 6.53. The monoisotopic (exact) mass is 482 g/mol. The molecule has 4 N–H and O–H groups in total. The third-order valence-corrected chi connectivity index (χ3v) is 7.19. The SMILES string of the molecule is Cl.Nc1ccccc1S(=O)(=O)Oc1ccc2nc(NC(=O)CC3CCNCC3)sc2c1. The van der Waals surface area contributed by atoms with Gasteiger partial charge in [-0.25, -0.2) is 4.98 Å². The Morgan fingerprint density at radius 3 is 2.71 bits per heavy atom. The van der Waals surface area contributed by atoms with Crippen molar-refractivity contribution < 1.29 is 17.4 Å². The molecule has 31 heavy (non-hydrogen) atoms. The number of nitrogens with two attached hydrogens (primary N) is 1. The number of nitrogens with zero attached hydrogens (tertiary/aromatic N) is 1. The molecular weight excluding hydrogens is 460 g/mol. The van der Waals surface area contributed by atoms with Gasteiger partial charge in [0.05, 0.1) is 15.9 Å². The van der Waals surface area contributed by atoms with Crippen molar-refractivity contribution in [3.63, 3.8) is 0 Å². The lowest BCUT2D eigenvalue weighted by molar-refractivity contribution is -0.117. The molecule has 11 heteroatoms. The van der Waals surface area contributed by atoms with Crippen molar-refractivity contribution >= 4 is 60.8 Å². The van der Waals surface area contributed by atoms with Crippen LogP contribution in [0.1, 0.15) is 19.3 Å². The van der Waals surface area contributed by atoms with Gasteiger partial charge in [0.15, 0.2) is 5.13 Å². The molecule has 1 amide bonds. The maximum absolute atomic E-state index is 12.5. The van der Waals surface area contributed by atoms with Crippen LogP contribution >= 0.6 is 23.7 Å². The molecule has 0 atom stereocenters. The van der Waals surface area contributed by atoms with Crippen LogP contribution in [0.5, 0.6) is 5.75 Å². The maximum Gasteiger partial charge on any atom is 0.341 e. The number of carbonyl (C=O) groups is 1. The Hall–Kier alpha value is -2.40. The number of nitrogen functional groups attached to an aromatic ring is 1. The molecule has 0 bridgehead atoms. The Morgan fingerprint density at radius 1 is 1.23 bits per heavy atom. The second-order valence-corrected chi connectivity index (χ2v) is 9.71. The number of amides is 1. The molecule has 2 heterocycles. The Labute approximate surface area is 190 Å². The van der Waals surface area contributed by atoms with Gasteiger partial charge in [0, 0.05) is 12.5 Å². The van der Waals surface area contributed by atoms with Crippen LogP contribution in [-0.4, -0.2) is 32.4 Å². The van der Waals surface area contributed by atoms with Crippen LogP contribution in [0.25, 0.3) is 10.2 Å². The zero-order chi connectivity index (χ0) is 21.1. The molecule has 1 fully saturated rings. The fourth-order valence-electron chi connectivity index (χ4n) is 3.41. The predicted octanol–water partition coefficient (Wildman–Crippen LogP) is 3.40. The third-order valence-electron chi connectivity index (χ3n) is 4.93. The summed E-state index contributed by atoms with van der Waals surface area (Å²) in [6.07, 6.45) is 2.46. The van der Waals surface area contributed by atoms with Gasteiger partial charge in [-0.2, -0.15) is 8.42 Å². The van der Waals surface area contributed by atoms with Crippen molar-refractivity contribution in [2.75, 3.05) is 24.1 Å². The summed E-state index contributed by atoms with van der Waals surface area (Å²) in [5.74, 6) is 0.484. The van der Waals surface area contributed by atoms with Gasteiger partial charge < -0.3 is 20.6 Å². The van der Waals surface area contributed by atoms with Gasteiger partial charge in [-0.05, 0) is 56.1 Å². The predicted molar refractivity (Wildman–Crippen MR) is 124 cm³/mol. The number of piperidine rings is 1. The Bertz CT molecular complexity index is 1180. The van der Waals surface area contributed by atoms with Crippen molar-refractivity contribution in [1.82, 2.24) is 10.3 Å². The first-order chi connectivity index (χ1) is 14.4. The molecule has 1 aromatic heterocycles. The van der Waals surface area contributed by atoms with E-state index in [9.17, 15) is 13.2 Å². The summed E-state index contributed by atoms with van der Waals surface area (Å²) in [6, 6.07) is 10.9. The summed E-state index contributed by atoms with van der Waals surface area (Å²) in [4.78, 5) is 16.6. The second-order valence-electron chi connectivity index (χ2n) is 7.17. The smallest absolute Gasteiger partial charge is 0.341 e. The van der Waals surface area contributed by atoms with Crippen LogP contribution in [0.3, 0.4) is 0 Å². The van der Waals surface area contributed by atoms with Gasteiger partial charge in [0.25, 0.3) is 0 Å². The number of fused-ring (bicyclic) bond motifs is 1. The second kappa shape index (κ2) is 9.82. The van der Waals surface area contributed by atoms with E-state index in [1.54, 1.807) is 24.3 Å². The largest absolute Gasteiger partial charge is 0.398 e. The number of thiazole rings is 1. The topological polar surface area (TPSA) is 123 Å². The number of hydrogen-bond acceptors (Lipinski definition) is 8. The van der Waals surface area contributed by atoms with Crippen LogP contribution in [0.2, 0.25) is 0 Å². The van der Waals surface area contributed by atoms with Gasteiger partial charge in [0.2, 0.25) is 5.91 Å². The summed E-state index contributed by atoms with van der Waals surface area (Å²) in [7, 11) is -4.06. The number of halogens is 1. The molecule has 1 aliphatic heterocycles. The highest BCUT2D eigenvalue weighted by Gasteiger charge is 2.21. The quantitative estimate of drug-likeness (QED) is 0.363. The lowest BCUT2D eigenvalue weighted by Crippen LogP contribution is -2.30. The Kier molecular flexibility index (Phi) is 7.37. The van der Waals surface area contributed by atoms with E-state index in [4.69, 9.17) is 9.92 Å². The van der Waals surface area contributed by atoms with E-state index in [0.29, 0.717) is 27.7 Å². The number of anilines is 2. The van der Waals surface area contributed by atoms with Crippen LogP contribution in [-0.2, 0) is 14.9 Å². The maximum atomic E-state index is 12.5. The molecule has 1 aliphatic rings. The van der Waals surface area contributed by atoms with Crippen molar-refractivity contribution in [2.24, 2.45) is 5.92 Å². The zero-order valence-corrected chi connectivity index (χ0v) is 19.0. The Balaban J connectivity index is 0.00000272. The van der Waals surface area contributed by atoms with Crippen LogP contribution in [0, 0.1) is 5.92 Å². The number of carbonyl (C=O) groups excluding carboxylic acids is 1. The van der Waals surface area contributed by atoms with Gasteiger partial charge >= 0.3 is 10.1 Å². The molecule has 0 radical (unpaired) electrons. The summed E-state index contributed by atoms with van der Waals surface area (Å²) in [5, 5.41) is 6.62. The van der Waals surface area contributed by atoms with Crippen molar-refractivity contribution in [3.05, 3.63) is 42.5 Å². The van der Waals surface area contributed by atoms with Gasteiger partial charge in [0.1, 0.15) is 10.6 Å². The molecule has 3 aromatic rings.